The molecule has 0 spiro atoms. The maximum absolute atomic E-state index is 4.16. The quantitative estimate of drug-likeness (QED) is 0.908. The first-order valence-electron chi connectivity index (χ1n) is 8.88. The molecule has 23 heavy (non-hydrogen) atoms. The van der Waals surface area contributed by atoms with E-state index < -0.39 is 0 Å². The van der Waals surface area contributed by atoms with Crippen LogP contribution in [0.1, 0.15) is 49.3 Å². The summed E-state index contributed by atoms with van der Waals surface area (Å²) in [5, 5.41) is 3.48. The number of anilines is 1. The van der Waals surface area contributed by atoms with Gasteiger partial charge in [-0.15, -0.1) is 0 Å². The topological polar surface area (TPSA) is 28.2 Å². The predicted octanol–water partition coefficient (Wildman–Crippen LogP) is 4.38. The Morgan fingerprint density at radius 3 is 2.78 bits per heavy atom. The van der Waals surface area contributed by atoms with Crippen LogP contribution in [-0.2, 0) is 6.54 Å². The lowest BCUT2D eigenvalue weighted by Gasteiger charge is -2.34. The number of piperidine rings is 1. The Hall–Kier alpha value is -1.87. The van der Waals surface area contributed by atoms with Crippen LogP contribution >= 0.6 is 0 Å². The van der Waals surface area contributed by atoms with Crippen LogP contribution in [0.3, 0.4) is 0 Å². The monoisotopic (exact) mass is 307 g/mol. The lowest BCUT2D eigenvalue weighted by molar-refractivity contribution is 0.150. The van der Waals surface area contributed by atoms with Crippen molar-refractivity contribution < 1.29 is 0 Å². The number of pyridine rings is 1. The summed E-state index contributed by atoms with van der Waals surface area (Å²) in [5.74, 6) is 0. The Labute approximate surface area is 138 Å². The van der Waals surface area contributed by atoms with E-state index >= 15 is 0 Å². The molecule has 0 aliphatic carbocycles. The van der Waals surface area contributed by atoms with Gasteiger partial charge in [0.15, 0.2) is 0 Å². The Kier molecular flexibility index (Phi) is 4.29. The molecule has 2 fully saturated rings. The molecule has 0 bridgehead atoms. The second-order valence-electron chi connectivity index (χ2n) is 6.82. The molecule has 3 heterocycles. The fraction of sp³-hybridized carbons (Fsp3) is 0.450. The highest BCUT2D eigenvalue weighted by molar-refractivity contribution is 5.45. The first-order chi connectivity index (χ1) is 11.4. The molecule has 1 N–H and O–H groups in total. The van der Waals surface area contributed by atoms with Crippen molar-refractivity contribution >= 4 is 5.69 Å². The molecule has 0 radical (unpaired) electrons. The van der Waals surface area contributed by atoms with E-state index in [0.29, 0.717) is 6.04 Å². The summed E-state index contributed by atoms with van der Waals surface area (Å²) in [6, 6.07) is 14.6. The third-order valence-electron chi connectivity index (χ3n) is 5.36. The fourth-order valence-corrected chi connectivity index (χ4v) is 4.15. The molecule has 3 nitrogen and oxygen atoms in total. The number of fused-ring (bicyclic) bond motifs is 1. The summed E-state index contributed by atoms with van der Waals surface area (Å²) in [5.41, 5.74) is 3.88. The minimum absolute atomic E-state index is 0.646. The molecular weight excluding hydrogens is 282 g/mol. The molecule has 2 aliphatic rings. The highest BCUT2D eigenvalue weighted by Crippen LogP contribution is 2.40. The second-order valence-corrected chi connectivity index (χ2v) is 6.82. The third-order valence-corrected chi connectivity index (χ3v) is 5.36. The SMILES string of the molecule is c1cncc(CNc2ccc([C@H]3CC[C@H]4CCCCN43)cc2)c1. The maximum Gasteiger partial charge on any atom is 0.0416 e. The van der Waals surface area contributed by atoms with Gasteiger partial charge in [-0.1, -0.05) is 24.6 Å². The van der Waals surface area contributed by atoms with E-state index in [2.05, 4.69) is 45.5 Å². The van der Waals surface area contributed by atoms with Gasteiger partial charge in [0, 0.05) is 36.7 Å². The highest BCUT2D eigenvalue weighted by atomic mass is 15.2. The van der Waals surface area contributed by atoms with Crippen molar-refractivity contribution in [1.82, 2.24) is 9.88 Å². The van der Waals surface area contributed by atoms with Crippen molar-refractivity contribution in [3.8, 4) is 0 Å². The van der Waals surface area contributed by atoms with Crippen molar-refractivity contribution in [2.75, 3.05) is 11.9 Å². The zero-order valence-electron chi connectivity index (χ0n) is 13.6. The number of nitrogens with one attached hydrogen (secondary N) is 1. The summed E-state index contributed by atoms with van der Waals surface area (Å²) in [6.07, 6.45) is 10.6. The van der Waals surface area contributed by atoms with Crippen LogP contribution < -0.4 is 5.32 Å². The molecule has 2 saturated heterocycles. The van der Waals surface area contributed by atoms with Crippen molar-refractivity contribution in [1.29, 1.82) is 0 Å². The minimum Gasteiger partial charge on any atom is -0.381 e. The number of benzene rings is 1. The van der Waals surface area contributed by atoms with Gasteiger partial charge in [0.25, 0.3) is 0 Å². The van der Waals surface area contributed by atoms with Gasteiger partial charge in [0.05, 0.1) is 0 Å². The molecule has 2 atom stereocenters. The molecule has 0 unspecified atom stereocenters. The van der Waals surface area contributed by atoms with Crippen molar-refractivity contribution in [2.24, 2.45) is 0 Å². The van der Waals surface area contributed by atoms with Crippen molar-refractivity contribution in [2.45, 2.75) is 50.7 Å². The Morgan fingerprint density at radius 2 is 1.96 bits per heavy atom. The number of hydrogen-bond acceptors (Lipinski definition) is 3. The van der Waals surface area contributed by atoms with Gasteiger partial charge in [-0.05, 0) is 61.6 Å². The van der Waals surface area contributed by atoms with Crippen LogP contribution in [0.4, 0.5) is 5.69 Å². The first-order valence-corrected chi connectivity index (χ1v) is 8.88. The van der Waals surface area contributed by atoms with Gasteiger partial charge >= 0.3 is 0 Å². The molecule has 0 amide bonds. The molecular formula is C20H25N3. The van der Waals surface area contributed by atoms with Crippen molar-refractivity contribution in [3.05, 3.63) is 59.9 Å². The molecule has 3 heteroatoms. The van der Waals surface area contributed by atoms with E-state index in [-0.39, 0.29) is 0 Å². The van der Waals surface area contributed by atoms with E-state index in [1.165, 1.54) is 55.5 Å². The Bertz CT molecular complexity index is 623. The molecule has 1 aromatic carbocycles. The summed E-state index contributed by atoms with van der Waals surface area (Å²) in [4.78, 5) is 6.91. The summed E-state index contributed by atoms with van der Waals surface area (Å²) in [7, 11) is 0. The predicted molar refractivity (Wildman–Crippen MR) is 94.3 cm³/mol. The normalized spacial score (nSPS) is 24.3. The lowest BCUT2D eigenvalue weighted by Crippen LogP contribution is -2.35. The average molecular weight is 307 g/mol. The third kappa shape index (κ3) is 3.25. The molecule has 2 aromatic rings. The number of rotatable bonds is 4. The Balaban J connectivity index is 1.40. The highest BCUT2D eigenvalue weighted by Gasteiger charge is 2.35. The second kappa shape index (κ2) is 6.71. The smallest absolute Gasteiger partial charge is 0.0416 e. The van der Waals surface area contributed by atoms with Crippen LogP contribution in [0.2, 0.25) is 0 Å². The van der Waals surface area contributed by atoms with E-state index in [4.69, 9.17) is 0 Å². The minimum atomic E-state index is 0.646. The van der Waals surface area contributed by atoms with Gasteiger partial charge in [0.1, 0.15) is 0 Å². The van der Waals surface area contributed by atoms with E-state index in [9.17, 15) is 0 Å². The van der Waals surface area contributed by atoms with Crippen LogP contribution in [0, 0.1) is 0 Å². The fourth-order valence-electron chi connectivity index (χ4n) is 4.15. The molecule has 120 valence electrons. The van der Waals surface area contributed by atoms with Gasteiger partial charge in [-0.2, -0.15) is 0 Å². The van der Waals surface area contributed by atoms with Crippen LogP contribution in [0.15, 0.2) is 48.8 Å². The average Bonchev–Trinajstić information content (AvgIpc) is 3.05. The summed E-state index contributed by atoms with van der Waals surface area (Å²) in [6.45, 7) is 2.11. The zero-order valence-corrected chi connectivity index (χ0v) is 13.6. The maximum atomic E-state index is 4.16. The van der Waals surface area contributed by atoms with E-state index in [1.54, 1.807) is 0 Å². The molecule has 1 aromatic heterocycles. The standard InChI is InChI=1S/C20H25N3/c1-2-13-23-19(5-1)10-11-20(23)17-6-8-18(9-7-17)22-15-16-4-3-12-21-14-16/h3-4,6-9,12,14,19-20,22H,1-2,5,10-11,13,15H2/t19-,20-/m1/s1. The summed E-state index contributed by atoms with van der Waals surface area (Å²) < 4.78 is 0. The van der Waals surface area contributed by atoms with Crippen LogP contribution in [-0.4, -0.2) is 22.5 Å². The molecule has 4 rings (SSSR count). The van der Waals surface area contributed by atoms with Crippen molar-refractivity contribution in [3.63, 3.8) is 0 Å². The zero-order chi connectivity index (χ0) is 15.5. The van der Waals surface area contributed by atoms with E-state index in [1.807, 2.05) is 18.5 Å². The van der Waals surface area contributed by atoms with Gasteiger partial charge in [0.2, 0.25) is 0 Å². The molecule has 0 saturated carbocycles. The number of aromatic nitrogens is 1. The van der Waals surface area contributed by atoms with Gasteiger partial charge in [-0.3, -0.25) is 9.88 Å². The van der Waals surface area contributed by atoms with Gasteiger partial charge in [-0.25, -0.2) is 0 Å². The van der Waals surface area contributed by atoms with Crippen LogP contribution in [0.5, 0.6) is 0 Å². The lowest BCUT2D eigenvalue weighted by atomic mass is 10.0. The number of nitrogens with zero attached hydrogens (tertiary/aromatic N) is 2. The molecule has 2 aliphatic heterocycles. The van der Waals surface area contributed by atoms with E-state index in [0.717, 1.165) is 12.6 Å². The van der Waals surface area contributed by atoms with Gasteiger partial charge < -0.3 is 5.32 Å². The number of hydrogen-bond donors (Lipinski definition) is 1. The summed E-state index contributed by atoms with van der Waals surface area (Å²) >= 11 is 0. The Morgan fingerprint density at radius 1 is 1.04 bits per heavy atom. The van der Waals surface area contributed by atoms with Crippen LogP contribution in [0.25, 0.3) is 0 Å². The largest absolute Gasteiger partial charge is 0.381 e. The first kappa shape index (κ1) is 14.7.